The molecule has 0 saturated carbocycles. The van der Waals surface area contributed by atoms with Crippen LogP contribution in [0, 0.1) is 13.8 Å². The third kappa shape index (κ3) is 4.61. The van der Waals surface area contributed by atoms with Crippen LogP contribution in [-0.4, -0.2) is 6.54 Å². The van der Waals surface area contributed by atoms with Crippen LogP contribution in [-0.2, 0) is 13.2 Å². The molecular weight excluding hydrogens is 258 g/mol. The zero-order valence-electron chi connectivity index (χ0n) is 13.3. The highest BCUT2D eigenvalue weighted by Crippen LogP contribution is 2.21. The summed E-state index contributed by atoms with van der Waals surface area (Å²) in [6.07, 6.45) is 1.17. The van der Waals surface area contributed by atoms with Crippen molar-refractivity contribution in [2.45, 2.75) is 40.3 Å². The Labute approximate surface area is 128 Å². The average molecular weight is 283 g/mol. The second-order valence-corrected chi connectivity index (χ2v) is 5.48. The summed E-state index contributed by atoms with van der Waals surface area (Å²) in [5.41, 5.74) is 5.01. The van der Waals surface area contributed by atoms with Gasteiger partial charge in [0.05, 0.1) is 0 Å². The van der Waals surface area contributed by atoms with Crippen LogP contribution in [0.2, 0.25) is 0 Å². The molecule has 2 aromatic rings. The van der Waals surface area contributed by atoms with Crippen molar-refractivity contribution in [2.24, 2.45) is 0 Å². The Hall–Kier alpha value is -1.80. The number of hydrogen-bond acceptors (Lipinski definition) is 2. The molecule has 0 aliphatic rings. The number of ether oxygens (including phenoxy) is 1. The number of hydrogen-bond donors (Lipinski definition) is 1. The van der Waals surface area contributed by atoms with Gasteiger partial charge in [-0.1, -0.05) is 43.3 Å². The maximum Gasteiger partial charge on any atom is 0.122 e. The van der Waals surface area contributed by atoms with E-state index in [9.17, 15) is 0 Å². The van der Waals surface area contributed by atoms with Crippen LogP contribution in [0.4, 0.5) is 0 Å². The Balaban J connectivity index is 1.90. The highest BCUT2D eigenvalue weighted by Gasteiger charge is 2.02. The molecule has 0 unspecified atom stereocenters. The summed E-state index contributed by atoms with van der Waals surface area (Å²) in [5, 5.41) is 3.41. The summed E-state index contributed by atoms with van der Waals surface area (Å²) in [6.45, 7) is 9.02. The van der Waals surface area contributed by atoms with Gasteiger partial charge in [0.25, 0.3) is 0 Å². The van der Waals surface area contributed by atoms with Crippen LogP contribution in [0.15, 0.2) is 42.5 Å². The van der Waals surface area contributed by atoms with Crippen molar-refractivity contribution in [1.82, 2.24) is 5.32 Å². The molecule has 0 aliphatic carbocycles. The van der Waals surface area contributed by atoms with Crippen LogP contribution in [0.1, 0.15) is 35.6 Å². The molecule has 2 nitrogen and oxygen atoms in total. The Kier molecular flexibility index (Phi) is 5.82. The lowest BCUT2D eigenvalue weighted by Crippen LogP contribution is -2.13. The molecule has 2 heteroatoms. The molecule has 1 N–H and O–H groups in total. The monoisotopic (exact) mass is 283 g/mol. The smallest absolute Gasteiger partial charge is 0.122 e. The minimum absolute atomic E-state index is 0.618. The third-order valence-corrected chi connectivity index (χ3v) is 3.73. The van der Waals surface area contributed by atoms with Crippen LogP contribution in [0.3, 0.4) is 0 Å². The van der Waals surface area contributed by atoms with Crippen molar-refractivity contribution < 1.29 is 4.74 Å². The fourth-order valence-electron chi connectivity index (χ4n) is 2.20. The highest BCUT2D eigenvalue weighted by atomic mass is 16.5. The fraction of sp³-hybridized carbons (Fsp3) is 0.368. The van der Waals surface area contributed by atoms with Crippen molar-refractivity contribution in [3.8, 4) is 5.75 Å². The van der Waals surface area contributed by atoms with Gasteiger partial charge in [-0.2, -0.15) is 0 Å². The zero-order chi connectivity index (χ0) is 15.1. The van der Waals surface area contributed by atoms with E-state index >= 15 is 0 Å². The summed E-state index contributed by atoms with van der Waals surface area (Å²) in [7, 11) is 0. The van der Waals surface area contributed by atoms with Crippen molar-refractivity contribution in [3.63, 3.8) is 0 Å². The van der Waals surface area contributed by atoms with E-state index in [1.54, 1.807) is 0 Å². The molecule has 0 saturated heterocycles. The molecule has 0 fully saturated rings. The molecule has 112 valence electrons. The van der Waals surface area contributed by atoms with Gasteiger partial charge in [0.2, 0.25) is 0 Å². The topological polar surface area (TPSA) is 21.3 Å². The molecule has 2 aromatic carbocycles. The van der Waals surface area contributed by atoms with Crippen LogP contribution < -0.4 is 10.1 Å². The molecule has 0 bridgehead atoms. The number of nitrogens with one attached hydrogen (secondary N) is 1. The van der Waals surface area contributed by atoms with E-state index in [0.717, 1.165) is 18.8 Å². The largest absolute Gasteiger partial charge is 0.489 e. The lowest BCUT2D eigenvalue weighted by Gasteiger charge is -2.11. The Bertz CT molecular complexity index is 560. The normalized spacial score (nSPS) is 10.6. The summed E-state index contributed by atoms with van der Waals surface area (Å²) in [4.78, 5) is 0. The summed E-state index contributed by atoms with van der Waals surface area (Å²) >= 11 is 0. The zero-order valence-corrected chi connectivity index (χ0v) is 13.3. The molecule has 21 heavy (non-hydrogen) atoms. The fourth-order valence-corrected chi connectivity index (χ4v) is 2.20. The molecule has 0 amide bonds. The number of rotatable bonds is 7. The number of aryl methyl sites for hydroxylation is 1. The first-order chi connectivity index (χ1) is 10.2. The highest BCUT2D eigenvalue weighted by molar-refractivity contribution is 5.38. The second-order valence-electron chi connectivity index (χ2n) is 5.48. The van der Waals surface area contributed by atoms with E-state index in [-0.39, 0.29) is 0 Å². The predicted molar refractivity (Wildman–Crippen MR) is 88.7 cm³/mol. The van der Waals surface area contributed by atoms with Gasteiger partial charge in [0.15, 0.2) is 0 Å². The third-order valence-electron chi connectivity index (χ3n) is 3.73. The van der Waals surface area contributed by atoms with Crippen LogP contribution in [0.5, 0.6) is 5.75 Å². The molecule has 0 heterocycles. The lowest BCUT2D eigenvalue weighted by molar-refractivity contribution is 0.304. The van der Waals surface area contributed by atoms with E-state index in [1.165, 1.54) is 28.7 Å². The van der Waals surface area contributed by atoms with Crippen molar-refractivity contribution in [1.29, 1.82) is 0 Å². The molecule has 0 atom stereocenters. The van der Waals surface area contributed by atoms with Gasteiger partial charge in [-0.3, -0.25) is 0 Å². The Morgan fingerprint density at radius 2 is 1.67 bits per heavy atom. The minimum Gasteiger partial charge on any atom is -0.489 e. The SMILES string of the molecule is CCCNCc1ccc(COc2cccc(C)c2C)cc1. The summed E-state index contributed by atoms with van der Waals surface area (Å²) in [6, 6.07) is 14.8. The van der Waals surface area contributed by atoms with Gasteiger partial charge in [-0.15, -0.1) is 0 Å². The maximum absolute atomic E-state index is 5.93. The summed E-state index contributed by atoms with van der Waals surface area (Å²) in [5.74, 6) is 0.976. The van der Waals surface area contributed by atoms with Crippen molar-refractivity contribution in [3.05, 3.63) is 64.7 Å². The average Bonchev–Trinajstić information content (AvgIpc) is 2.50. The van der Waals surface area contributed by atoms with Crippen molar-refractivity contribution >= 4 is 0 Å². The Morgan fingerprint density at radius 1 is 0.952 bits per heavy atom. The van der Waals surface area contributed by atoms with Gasteiger partial charge in [0, 0.05) is 6.54 Å². The van der Waals surface area contributed by atoms with E-state index in [1.807, 2.05) is 12.1 Å². The van der Waals surface area contributed by atoms with Crippen LogP contribution >= 0.6 is 0 Å². The van der Waals surface area contributed by atoms with E-state index in [4.69, 9.17) is 4.74 Å². The molecule has 2 rings (SSSR count). The summed E-state index contributed by atoms with van der Waals surface area (Å²) < 4.78 is 5.93. The maximum atomic E-state index is 5.93. The first-order valence-corrected chi connectivity index (χ1v) is 7.68. The molecule has 0 aromatic heterocycles. The van der Waals surface area contributed by atoms with Crippen molar-refractivity contribution in [2.75, 3.05) is 6.54 Å². The van der Waals surface area contributed by atoms with Gasteiger partial charge >= 0.3 is 0 Å². The minimum atomic E-state index is 0.618. The van der Waals surface area contributed by atoms with E-state index in [0.29, 0.717) is 6.61 Å². The molecular formula is C19H25NO. The molecule has 0 radical (unpaired) electrons. The van der Waals surface area contributed by atoms with Crippen LogP contribution in [0.25, 0.3) is 0 Å². The van der Waals surface area contributed by atoms with Gasteiger partial charge in [-0.25, -0.2) is 0 Å². The lowest BCUT2D eigenvalue weighted by atomic mass is 10.1. The number of benzene rings is 2. The first-order valence-electron chi connectivity index (χ1n) is 7.68. The molecule has 0 aliphatic heterocycles. The van der Waals surface area contributed by atoms with E-state index < -0.39 is 0 Å². The molecule has 0 spiro atoms. The van der Waals surface area contributed by atoms with Gasteiger partial charge in [0.1, 0.15) is 12.4 Å². The standard InChI is InChI=1S/C19H25NO/c1-4-12-20-13-17-8-10-18(11-9-17)14-21-19-7-5-6-15(2)16(19)3/h5-11,20H,4,12-14H2,1-3H3. The second kappa shape index (κ2) is 7.84. The van der Waals surface area contributed by atoms with Gasteiger partial charge < -0.3 is 10.1 Å². The first kappa shape index (κ1) is 15.6. The van der Waals surface area contributed by atoms with E-state index in [2.05, 4.69) is 56.4 Å². The Morgan fingerprint density at radius 3 is 2.38 bits per heavy atom. The van der Waals surface area contributed by atoms with Gasteiger partial charge in [-0.05, 0) is 55.1 Å². The predicted octanol–water partition coefficient (Wildman–Crippen LogP) is 4.38. The quantitative estimate of drug-likeness (QED) is 0.761.